The van der Waals surface area contributed by atoms with Crippen LogP contribution in [0.2, 0.25) is 0 Å². The number of halogens is 2. The summed E-state index contributed by atoms with van der Waals surface area (Å²) in [4.78, 5) is 13.3. The van der Waals surface area contributed by atoms with E-state index < -0.39 is 15.7 Å². The summed E-state index contributed by atoms with van der Waals surface area (Å²) in [6.07, 6.45) is 0.177. The lowest BCUT2D eigenvalue weighted by Gasteiger charge is -2.24. The number of nitrogens with one attached hydrogen (secondary N) is 1. The van der Waals surface area contributed by atoms with E-state index >= 15 is 0 Å². The predicted molar refractivity (Wildman–Crippen MR) is 105 cm³/mol. The lowest BCUT2D eigenvalue weighted by molar-refractivity contribution is -0.116. The number of carbonyl (C=O) groups excluding carboxylic acids is 1. The van der Waals surface area contributed by atoms with Crippen LogP contribution in [0.5, 0.6) is 0 Å². The van der Waals surface area contributed by atoms with E-state index in [1.54, 1.807) is 35.7 Å². The first-order valence-corrected chi connectivity index (χ1v) is 11.2. The first-order valence-electron chi connectivity index (χ1n) is 8.04. The molecule has 0 aliphatic carbocycles. The van der Waals surface area contributed by atoms with Gasteiger partial charge in [-0.15, -0.1) is 11.3 Å². The molecule has 1 amide bonds. The number of fused-ring (bicyclic) bond motifs is 1. The first kappa shape index (κ1) is 18.3. The number of rotatable bonds is 3. The number of hydrogen-bond acceptors (Lipinski definition) is 4. The molecule has 0 saturated heterocycles. The van der Waals surface area contributed by atoms with Crippen LogP contribution in [0.3, 0.4) is 0 Å². The summed E-state index contributed by atoms with van der Waals surface area (Å²) in [6.45, 7) is 0. The number of anilines is 1. The molecule has 1 atom stereocenters. The largest absolute Gasteiger partial charge is 0.324 e. The molecule has 1 aliphatic heterocycles. The normalized spacial score (nSPS) is 16.7. The van der Waals surface area contributed by atoms with Crippen molar-refractivity contribution in [1.29, 1.82) is 0 Å². The van der Waals surface area contributed by atoms with Gasteiger partial charge in [0.1, 0.15) is 10.7 Å². The van der Waals surface area contributed by atoms with E-state index in [0.717, 1.165) is 10.4 Å². The second-order valence-electron chi connectivity index (χ2n) is 6.13. The highest BCUT2D eigenvalue weighted by Gasteiger charge is 2.34. The van der Waals surface area contributed by atoms with Gasteiger partial charge in [0.05, 0.1) is 15.1 Å². The molecule has 0 spiro atoms. The van der Waals surface area contributed by atoms with E-state index in [4.69, 9.17) is 0 Å². The Morgan fingerprint density at radius 3 is 2.59 bits per heavy atom. The number of amides is 1. The van der Waals surface area contributed by atoms with Crippen LogP contribution in [-0.4, -0.2) is 14.3 Å². The predicted octanol–water partition coefficient (Wildman–Crippen LogP) is 4.96. The zero-order valence-electron chi connectivity index (χ0n) is 13.8. The molecule has 4 rings (SSSR count). The average molecular weight is 466 g/mol. The van der Waals surface area contributed by atoms with Gasteiger partial charge in [0.2, 0.25) is 15.7 Å². The first-order chi connectivity index (χ1) is 12.9. The SMILES string of the molecule is O=C1C[C@H](c2ccc(F)c(Br)c2)c2scc(S(=O)(=O)c3ccccc3)c2N1. The minimum Gasteiger partial charge on any atom is -0.324 e. The topological polar surface area (TPSA) is 63.2 Å². The highest BCUT2D eigenvalue weighted by atomic mass is 79.9. The molecule has 0 fully saturated rings. The van der Waals surface area contributed by atoms with E-state index in [1.807, 2.05) is 0 Å². The van der Waals surface area contributed by atoms with Crippen LogP contribution in [0.15, 0.2) is 68.2 Å². The van der Waals surface area contributed by atoms with E-state index in [-0.39, 0.29) is 28.0 Å². The Morgan fingerprint density at radius 2 is 1.89 bits per heavy atom. The summed E-state index contributed by atoms with van der Waals surface area (Å²) >= 11 is 4.45. The van der Waals surface area contributed by atoms with Gasteiger partial charge in [-0.2, -0.15) is 0 Å². The third kappa shape index (κ3) is 3.22. The third-order valence-corrected chi connectivity index (χ3v) is 8.09. The molecule has 2 heterocycles. The quantitative estimate of drug-likeness (QED) is 0.594. The van der Waals surface area contributed by atoms with Crippen LogP contribution in [0, 0.1) is 5.82 Å². The van der Waals surface area contributed by atoms with Crippen molar-refractivity contribution in [3.05, 3.63) is 74.6 Å². The summed E-state index contributed by atoms with van der Waals surface area (Å²) in [5, 5.41) is 4.28. The molecule has 4 nitrogen and oxygen atoms in total. The molecule has 3 aromatic rings. The van der Waals surface area contributed by atoms with E-state index in [2.05, 4.69) is 21.2 Å². The molecule has 138 valence electrons. The lowest BCUT2D eigenvalue weighted by Crippen LogP contribution is -2.23. The van der Waals surface area contributed by atoms with Gasteiger partial charge in [-0.3, -0.25) is 4.79 Å². The van der Waals surface area contributed by atoms with Crippen molar-refractivity contribution >= 4 is 48.7 Å². The second kappa shape index (κ2) is 6.85. The van der Waals surface area contributed by atoms with Gasteiger partial charge in [-0.05, 0) is 45.8 Å². The summed E-state index contributed by atoms with van der Waals surface area (Å²) in [5.41, 5.74) is 1.08. The molecule has 27 heavy (non-hydrogen) atoms. The highest BCUT2D eigenvalue weighted by Crippen LogP contribution is 2.46. The van der Waals surface area contributed by atoms with Crippen molar-refractivity contribution in [2.45, 2.75) is 22.1 Å². The molecule has 0 bridgehead atoms. The Balaban J connectivity index is 1.84. The van der Waals surface area contributed by atoms with Gasteiger partial charge in [0.15, 0.2) is 0 Å². The van der Waals surface area contributed by atoms with Gasteiger partial charge < -0.3 is 5.32 Å². The molecule has 0 saturated carbocycles. The van der Waals surface area contributed by atoms with Crippen LogP contribution >= 0.6 is 27.3 Å². The smallest absolute Gasteiger partial charge is 0.225 e. The zero-order chi connectivity index (χ0) is 19.2. The summed E-state index contributed by atoms with van der Waals surface area (Å²) < 4.78 is 39.9. The van der Waals surface area contributed by atoms with Gasteiger partial charge >= 0.3 is 0 Å². The average Bonchev–Trinajstić information content (AvgIpc) is 3.08. The standard InChI is InChI=1S/C19H13BrFNO3S2/c20-14-8-11(6-7-15(14)21)13-9-17(23)22-18-16(10-26-19(13)18)27(24,25)12-4-2-1-3-5-12/h1-8,10,13H,9H2,(H,22,23)/t13-/m1/s1. The number of thiophene rings is 1. The van der Waals surface area contributed by atoms with E-state index in [0.29, 0.717) is 10.2 Å². The lowest BCUT2D eigenvalue weighted by atomic mass is 9.91. The number of carbonyl (C=O) groups is 1. The van der Waals surface area contributed by atoms with Crippen LogP contribution in [-0.2, 0) is 14.6 Å². The second-order valence-corrected chi connectivity index (χ2v) is 9.82. The summed E-state index contributed by atoms with van der Waals surface area (Å²) in [7, 11) is -3.75. The minimum absolute atomic E-state index is 0.0907. The Kier molecular flexibility index (Phi) is 4.65. The molecule has 8 heteroatoms. The minimum atomic E-state index is -3.75. The number of benzene rings is 2. The molecular formula is C19H13BrFNO3S2. The Hall–Kier alpha value is -2.03. The van der Waals surface area contributed by atoms with Crippen molar-refractivity contribution < 1.29 is 17.6 Å². The molecule has 1 aromatic heterocycles. The molecule has 1 aliphatic rings. The van der Waals surface area contributed by atoms with Crippen molar-refractivity contribution in [2.75, 3.05) is 5.32 Å². The van der Waals surface area contributed by atoms with Gasteiger partial charge in [-0.25, -0.2) is 12.8 Å². The maximum atomic E-state index is 13.6. The van der Waals surface area contributed by atoms with Crippen LogP contribution in [0.4, 0.5) is 10.1 Å². The van der Waals surface area contributed by atoms with Gasteiger partial charge in [-0.1, -0.05) is 24.3 Å². The van der Waals surface area contributed by atoms with Crippen molar-refractivity contribution in [2.24, 2.45) is 0 Å². The fraction of sp³-hybridized carbons (Fsp3) is 0.105. The van der Waals surface area contributed by atoms with E-state index in [9.17, 15) is 17.6 Å². The highest BCUT2D eigenvalue weighted by molar-refractivity contribution is 9.10. The van der Waals surface area contributed by atoms with Crippen LogP contribution < -0.4 is 5.32 Å². The van der Waals surface area contributed by atoms with Crippen molar-refractivity contribution in [3.63, 3.8) is 0 Å². The molecule has 2 aromatic carbocycles. The van der Waals surface area contributed by atoms with E-state index in [1.165, 1.54) is 29.5 Å². The van der Waals surface area contributed by atoms with Gasteiger partial charge in [0.25, 0.3) is 0 Å². The van der Waals surface area contributed by atoms with Crippen molar-refractivity contribution in [1.82, 2.24) is 0 Å². The van der Waals surface area contributed by atoms with Crippen LogP contribution in [0.1, 0.15) is 22.8 Å². The molecule has 0 unspecified atom stereocenters. The Labute approximate surface area is 168 Å². The molecule has 1 N–H and O–H groups in total. The van der Waals surface area contributed by atoms with Gasteiger partial charge in [0, 0.05) is 22.6 Å². The summed E-state index contributed by atoms with van der Waals surface area (Å²) in [5.74, 6) is -0.982. The molecule has 0 radical (unpaired) electrons. The summed E-state index contributed by atoms with van der Waals surface area (Å²) in [6, 6.07) is 12.7. The maximum absolute atomic E-state index is 13.6. The number of sulfone groups is 1. The third-order valence-electron chi connectivity index (χ3n) is 4.45. The van der Waals surface area contributed by atoms with Crippen molar-refractivity contribution in [3.8, 4) is 0 Å². The fourth-order valence-electron chi connectivity index (χ4n) is 3.13. The monoisotopic (exact) mass is 465 g/mol. The Morgan fingerprint density at radius 1 is 1.15 bits per heavy atom. The number of hydrogen-bond donors (Lipinski definition) is 1. The fourth-order valence-corrected chi connectivity index (χ4v) is 6.45. The zero-order valence-corrected chi connectivity index (χ0v) is 17.0. The van der Waals surface area contributed by atoms with Crippen LogP contribution in [0.25, 0.3) is 0 Å². The molecular weight excluding hydrogens is 453 g/mol. The Bertz CT molecular complexity index is 1140. The maximum Gasteiger partial charge on any atom is 0.225 e.